The largest absolute Gasteiger partial charge is 0.324 e. The maximum absolute atomic E-state index is 11.7. The van der Waals surface area contributed by atoms with Gasteiger partial charge < -0.3 is 15.5 Å². The van der Waals surface area contributed by atoms with Crippen LogP contribution in [0.5, 0.6) is 0 Å². The van der Waals surface area contributed by atoms with Crippen molar-refractivity contribution in [1.29, 1.82) is 0 Å². The van der Waals surface area contributed by atoms with E-state index in [1.165, 1.54) is 25.1 Å². The lowest BCUT2D eigenvalue weighted by atomic mass is 10.2. The van der Waals surface area contributed by atoms with Gasteiger partial charge in [-0.25, -0.2) is 0 Å². The summed E-state index contributed by atoms with van der Waals surface area (Å²) in [6.07, 6.45) is 0. The van der Waals surface area contributed by atoms with Crippen LogP contribution in [0.4, 0.5) is 17.1 Å². The Morgan fingerprint density at radius 2 is 1.90 bits per heavy atom. The minimum absolute atomic E-state index is 0.163. The van der Waals surface area contributed by atoms with Crippen LogP contribution in [0.1, 0.15) is 6.92 Å². The number of rotatable bonds is 5. The summed E-state index contributed by atoms with van der Waals surface area (Å²) in [6.45, 7) is 1.45. The van der Waals surface area contributed by atoms with Gasteiger partial charge in [-0.2, -0.15) is 0 Å². The highest BCUT2D eigenvalue weighted by Crippen LogP contribution is 2.27. The molecule has 0 saturated carbocycles. The van der Waals surface area contributed by atoms with Gasteiger partial charge in [0.25, 0.3) is 5.69 Å². The number of non-ortho nitro benzene ring substituents is 1. The highest BCUT2D eigenvalue weighted by molar-refractivity contribution is 6.00. The molecule has 1 aromatic rings. The van der Waals surface area contributed by atoms with E-state index in [0.29, 0.717) is 5.69 Å². The molecule has 0 fully saturated rings. The first-order valence-electron chi connectivity index (χ1n) is 5.80. The fraction of sp³-hybridized carbons (Fsp3) is 0.333. The molecule has 0 spiro atoms. The molecule has 1 aromatic carbocycles. The molecule has 0 bridgehead atoms. The Kier molecular flexibility index (Phi) is 5.15. The highest BCUT2D eigenvalue weighted by atomic mass is 16.6. The zero-order valence-electron chi connectivity index (χ0n) is 11.5. The number of hydrogen-bond donors (Lipinski definition) is 2. The third kappa shape index (κ3) is 4.65. The van der Waals surface area contributed by atoms with Crippen LogP contribution in [-0.4, -0.2) is 42.3 Å². The SMILES string of the molecule is CC(=O)Nc1cc([N+](=O)[O-])ccc1NC(=O)CN(C)C. The summed E-state index contributed by atoms with van der Waals surface area (Å²) in [5.74, 6) is -0.663. The third-order valence-electron chi connectivity index (χ3n) is 2.26. The number of nitrogens with zero attached hydrogens (tertiary/aromatic N) is 2. The first kappa shape index (κ1) is 15.6. The van der Waals surface area contributed by atoms with E-state index < -0.39 is 4.92 Å². The Morgan fingerprint density at radius 3 is 2.40 bits per heavy atom. The van der Waals surface area contributed by atoms with E-state index in [1.807, 2.05) is 0 Å². The fourth-order valence-electron chi connectivity index (χ4n) is 1.52. The van der Waals surface area contributed by atoms with Gasteiger partial charge in [-0.3, -0.25) is 19.7 Å². The average molecular weight is 280 g/mol. The van der Waals surface area contributed by atoms with Gasteiger partial charge in [0.15, 0.2) is 0 Å². The van der Waals surface area contributed by atoms with Crippen LogP contribution in [0.3, 0.4) is 0 Å². The van der Waals surface area contributed by atoms with E-state index in [0.717, 1.165) is 0 Å². The lowest BCUT2D eigenvalue weighted by molar-refractivity contribution is -0.384. The molecule has 0 unspecified atom stereocenters. The zero-order chi connectivity index (χ0) is 15.3. The second-order valence-electron chi connectivity index (χ2n) is 4.45. The highest BCUT2D eigenvalue weighted by Gasteiger charge is 2.14. The van der Waals surface area contributed by atoms with E-state index in [9.17, 15) is 19.7 Å². The molecule has 0 saturated heterocycles. The molecule has 0 aliphatic heterocycles. The van der Waals surface area contributed by atoms with Gasteiger partial charge >= 0.3 is 0 Å². The predicted octanol–water partition coefficient (Wildman–Crippen LogP) is 1.05. The molecule has 108 valence electrons. The summed E-state index contributed by atoms with van der Waals surface area (Å²) in [5, 5.41) is 15.8. The summed E-state index contributed by atoms with van der Waals surface area (Å²) in [5.41, 5.74) is 0.343. The molecule has 0 atom stereocenters. The minimum Gasteiger partial charge on any atom is -0.324 e. The average Bonchev–Trinajstić information content (AvgIpc) is 2.29. The van der Waals surface area contributed by atoms with E-state index in [-0.39, 0.29) is 29.7 Å². The number of nitro benzene ring substituents is 1. The van der Waals surface area contributed by atoms with Gasteiger partial charge in [0.2, 0.25) is 11.8 Å². The smallest absolute Gasteiger partial charge is 0.271 e. The standard InChI is InChI=1S/C12H16N4O4/c1-8(17)13-11-6-9(16(19)20)4-5-10(11)14-12(18)7-15(2)3/h4-6H,7H2,1-3H3,(H,13,17)(H,14,18). The first-order chi connectivity index (χ1) is 9.29. The van der Waals surface area contributed by atoms with Crippen molar-refractivity contribution in [2.24, 2.45) is 0 Å². The van der Waals surface area contributed by atoms with Crippen molar-refractivity contribution < 1.29 is 14.5 Å². The number of anilines is 2. The van der Waals surface area contributed by atoms with Crippen LogP contribution in [-0.2, 0) is 9.59 Å². The molecular formula is C12H16N4O4. The molecule has 8 heteroatoms. The molecule has 0 radical (unpaired) electrons. The number of benzene rings is 1. The molecule has 1 rings (SSSR count). The lowest BCUT2D eigenvalue weighted by Crippen LogP contribution is -2.27. The van der Waals surface area contributed by atoms with Crippen LogP contribution < -0.4 is 10.6 Å². The number of nitro groups is 1. The summed E-state index contributed by atoms with van der Waals surface area (Å²) >= 11 is 0. The number of carbonyl (C=O) groups excluding carboxylic acids is 2. The number of amides is 2. The maximum atomic E-state index is 11.7. The molecule has 0 aliphatic rings. The fourth-order valence-corrected chi connectivity index (χ4v) is 1.52. The number of carbonyl (C=O) groups is 2. The quantitative estimate of drug-likeness (QED) is 0.619. The molecule has 0 aromatic heterocycles. The predicted molar refractivity (Wildman–Crippen MR) is 74.6 cm³/mol. The second-order valence-corrected chi connectivity index (χ2v) is 4.45. The van der Waals surface area contributed by atoms with Crippen molar-refractivity contribution in [1.82, 2.24) is 4.90 Å². The van der Waals surface area contributed by atoms with Gasteiger partial charge in [-0.15, -0.1) is 0 Å². The summed E-state index contributed by atoms with van der Waals surface area (Å²) in [6, 6.07) is 3.85. The molecule has 2 N–H and O–H groups in total. The second kappa shape index (κ2) is 6.62. The number of likely N-dealkylation sites (N-methyl/N-ethyl adjacent to an activating group) is 1. The van der Waals surface area contributed by atoms with Crippen LogP contribution in [0.25, 0.3) is 0 Å². The summed E-state index contributed by atoms with van der Waals surface area (Å²) in [7, 11) is 3.48. The van der Waals surface area contributed by atoms with Crippen LogP contribution in [0.15, 0.2) is 18.2 Å². The van der Waals surface area contributed by atoms with E-state index in [1.54, 1.807) is 19.0 Å². The Labute approximate surface area is 115 Å². The maximum Gasteiger partial charge on any atom is 0.271 e. The zero-order valence-corrected chi connectivity index (χ0v) is 11.5. The Morgan fingerprint density at radius 1 is 1.25 bits per heavy atom. The van der Waals surface area contributed by atoms with Crippen LogP contribution in [0.2, 0.25) is 0 Å². The molecule has 20 heavy (non-hydrogen) atoms. The van der Waals surface area contributed by atoms with Crippen molar-refractivity contribution in [2.75, 3.05) is 31.3 Å². The van der Waals surface area contributed by atoms with Gasteiger partial charge in [-0.1, -0.05) is 0 Å². The van der Waals surface area contributed by atoms with Gasteiger partial charge in [0.05, 0.1) is 22.8 Å². The van der Waals surface area contributed by atoms with Crippen molar-refractivity contribution in [3.8, 4) is 0 Å². The van der Waals surface area contributed by atoms with E-state index in [2.05, 4.69) is 10.6 Å². The van der Waals surface area contributed by atoms with Gasteiger partial charge in [-0.05, 0) is 20.2 Å². The van der Waals surface area contributed by atoms with Crippen molar-refractivity contribution in [3.05, 3.63) is 28.3 Å². The van der Waals surface area contributed by atoms with E-state index in [4.69, 9.17) is 0 Å². The topological polar surface area (TPSA) is 105 Å². The Hall–Kier alpha value is -2.48. The van der Waals surface area contributed by atoms with Crippen molar-refractivity contribution in [3.63, 3.8) is 0 Å². The number of nitrogens with one attached hydrogen (secondary N) is 2. The third-order valence-corrected chi connectivity index (χ3v) is 2.26. The summed E-state index contributed by atoms with van der Waals surface area (Å²) in [4.78, 5) is 34.6. The molecule has 0 heterocycles. The Balaban J connectivity index is 3.02. The Bertz CT molecular complexity index is 542. The minimum atomic E-state index is -0.573. The molecule has 0 aliphatic carbocycles. The monoisotopic (exact) mass is 280 g/mol. The van der Waals surface area contributed by atoms with E-state index >= 15 is 0 Å². The normalized spacial score (nSPS) is 10.2. The van der Waals surface area contributed by atoms with Crippen LogP contribution >= 0.6 is 0 Å². The van der Waals surface area contributed by atoms with Crippen LogP contribution in [0, 0.1) is 10.1 Å². The lowest BCUT2D eigenvalue weighted by Gasteiger charge is -2.13. The first-order valence-corrected chi connectivity index (χ1v) is 5.80. The summed E-state index contributed by atoms with van der Waals surface area (Å²) < 4.78 is 0. The molecular weight excluding hydrogens is 264 g/mol. The molecule has 8 nitrogen and oxygen atoms in total. The van der Waals surface area contributed by atoms with Gasteiger partial charge in [0.1, 0.15) is 0 Å². The number of hydrogen-bond acceptors (Lipinski definition) is 5. The molecule has 2 amide bonds. The van der Waals surface area contributed by atoms with Crippen molar-refractivity contribution in [2.45, 2.75) is 6.92 Å². The van der Waals surface area contributed by atoms with Gasteiger partial charge in [0, 0.05) is 19.1 Å². The van der Waals surface area contributed by atoms with Crippen molar-refractivity contribution >= 4 is 28.9 Å².